The summed E-state index contributed by atoms with van der Waals surface area (Å²) in [6.45, 7) is -0.0717. The number of hydrogen-bond donors (Lipinski definition) is 1. The average molecular weight is 568 g/mol. The summed E-state index contributed by atoms with van der Waals surface area (Å²) in [7, 11) is 1.53. The van der Waals surface area contributed by atoms with Crippen molar-refractivity contribution in [2.75, 3.05) is 19.2 Å². The second kappa shape index (κ2) is 11.6. The third kappa shape index (κ3) is 5.57. The number of fused-ring (bicyclic) bond motifs is 2. The van der Waals surface area contributed by atoms with Gasteiger partial charge in [0.25, 0.3) is 5.91 Å². The Morgan fingerprint density at radius 1 is 1.00 bits per heavy atom. The molecule has 42 heavy (non-hydrogen) atoms. The van der Waals surface area contributed by atoms with Crippen LogP contribution in [-0.2, 0) is 22.7 Å². The van der Waals surface area contributed by atoms with Crippen molar-refractivity contribution in [1.29, 1.82) is 0 Å². The molecule has 1 N–H and O–H groups in total. The Morgan fingerprint density at radius 3 is 2.64 bits per heavy atom. The minimum Gasteiger partial charge on any atom is -0.497 e. The number of aromatic nitrogens is 3. The van der Waals surface area contributed by atoms with E-state index in [1.807, 2.05) is 18.2 Å². The number of para-hydroxylation sites is 1. The van der Waals surface area contributed by atoms with Gasteiger partial charge in [-0.25, -0.2) is 9.07 Å². The molecule has 0 fully saturated rings. The van der Waals surface area contributed by atoms with E-state index in [2.05, 4.69) is 15.6 Å². The third-order valence-electron chi connectivity index (χ3n) is 6.90. The minimum atomic E-state index is -1.10. The summed E-state index contributed by atoms with van der Waals surface area (Å²) in [5.74, 6) is 0.318. The molecular formula is C31H26FN5O5. The quantitative estimate of drug-likeness (QED) is 0.275. The van der Waals surface area contributed by atoms with E-state index in [0.29, 0.717) is 45.1 Å². The first-order chi connectivity index (χ1) is 20.5. The molecular weight excluding hydrogens is 541 g/mol. The average Bonchev–Trinajstić information content (AvgIpc) is 3.65. The Hall–Kier alpha value is -5.45. The fourth-order valence-corrected chi connectivity index (χ4v) is 4.83. The van der Waals surface area contributed by atoms with Crippen LogP contribution in [0.5, 0.6) is 17.2 Å². The zero-order valence-corrected chi connectivity index (χ0v) is 22.6. The molecule has 1 aromatic heterocycles. The van der Waals surface area contributed by atoms with Gasteiger partial charge in [0.1, 0.15) is 29.7 Å². The molecule has 1 aliphatic heterocycles. The van der Waals surface area contributed by atoms with Gasteiger partial charge in [-0.1, -0.05) is 41.6 Å². The number of ether oxygens (including phenoxy) is 3. The van der Waals surface area contributed by atoms with Gasteiger partial charge in [0.05, 0.1) is 12.6 Å². The van der Waals surface area contributed by atoms with E-state index in [9.17, 15) is 14.0 Å². The molecule has 6 rings (SSSR count). The van der Waals surface area contributed by atoms with Crippen LogP contribution in [0.4, 0.5) is 10.1 Å². The molecule has 0 spiro atoms. The molecule has 2 amide bonds. The summed E-state index contributed by atoms with van der Waals surface area (Å²) in [5.41, 5.74) is 2.94. The Morgan fingerprint density at radius 2 is 1.81 bits per heavy atom. The van der Waals surface area contributed by atoms with Crippen LogP contribution >= 0.6 is 0 Å². The number of hydrogen-bond acceptors (Lipinski definition) is 7. The summed E-state index contributed by atoms with van der Waals surface area (Å²) in [6, 6.07) is 24.0. The molecule has 1 aliphatic rings. The predicted molar refractivity (Wildman–Crippen MR) is 151 cm³/mol. The third-order valence-corrected chi connectivity index (χ3v) is 6.90. The number of nitrogens with zero attached hydrogens (tertiary/aromatic N) is 4. The molecule has 0 aliphatic carbocycles. The van der Waals surface area contributed by atoms with Crippen molar-refractivity contribution in [3.8, 4) is 17.2 Å². The lowest BCUT2D eigenvalue weighted by molar-refractivity contribution is -0.140. The number of anilines is 1. The van der Waals surface area contributed by atoms with E-state index in [4.69, 9.17) is 14.2 Å². The zero-order chi connectivity index (χ0) is 29.1. The molecule has 4 aromatic carbocycles. The summed E-state index contributed by atoms with van der Waals surface area (Å²) < 4.78 is 31.5. The summed E-state index contributed by atoms with van der Waals surface area (Å²) in [5, 5.41) is 11.2. The maximum atomic E-state index is 14.1. The topological polar surface area (TPSA) is 108 Å². The van der Waals surface area contributed by atoms with Crippen molar-refractivity contribution in [2.45, 2.75) is 19.1 Å². The Bertz CT molecular complexity index is 1760. The number of carbonyl (C=O) groups is 2. The maximum Gasteiger partial charge on any atom is 0.251 e. The highest BCUT2D eigenvalue weighted by atomic mass is 19.1. The van der Waals surface area contributed by atoms with E-state index >= 15 is 0 Å². The highest BCUT2D eigenvalue weighted by Gasteiger charge is 2.33. The smallest absolute Gasteiger partial charge is 0.251 e. The molecule has 10 nitrogen and oxygen atoms in total. The summed E-state index contributed by atoms with van der Waals surface area (Å²) in [6.07, 6.45) is 0. The molecule has 5 aromatic rings. The van der Waals surface area contributed by atoms with Gasteiger partial charge >= 0.3 is 0 Å². The van der Waals surface area contributed by atoms with Crippen molar-refractivity contribution in [3.05, 3.63) is 108 Å². The van der Waals surface area contributed by atoms with Crippen LogP contribution in [0.15, 0.2) is 91.0 Å². The van der Waals surface area contributed by atoms with Gasteiger partial charge in [0, 0.05) is 18.3 Å². The van der Waals surface area contributed by atoms with Crippen LogP contribution in [0, 0.1) is 5.82 Å². The van der Waals surface area contributed by atoms with Crippen molar-refractivity contribution in [3.63, 3.8) is 0 Å². The lowest BCUT2D eigenvalue weighted by Crippen LogP contribution is -2.42. The molecule has 11 heteroatoms. The molecule has 2 heterocycles. The maximum absolute atomic E-state index is 14.1. The first-order valence-electron chi connectivity index (χ1n) is 13.1. The van der Waals surface area contributed by atoms with Gasteiger partial charge in [-0.15, -0.1) is 5.10 Å². The summed E-state index contributed by atoms with van der Waals surface area (Å²) >= 11 is 0. The number of benzene rings is 4. The van der Waals surface area contributed by atoms with Crippen LogP contribution in [0.3, 0.4) is 0 Å². The zero-order valence-electron chi connectivity index (χ0n) is 22.6. The lowest BCUT2D eigenvalue weighted by Gasteiger charge is -2.32. The largest absolute Gasteiger partial charge is 0.497 e. The highest BCUT2D eigenvalue weighted by Crippen LogP contribution is 2.35. The number of amides is 2. The fraction of sp³-hybridized carbons (Fsp3) is 0.161. The van der Waals surface area contributed by atoms with Crippen molar-refractivity contribution in [1.82, 2.24) is 19.9 Å². The summed E-state index contributed by atoms with van der Waals surface area (Å²) in [4.78, 5) is 29.7. The Balaban J connectivity index is 1.40. The van der Waals surface area contributed by atoms with Gasteiger partial charge < -0.3 is 24.4 Å². The number of rotatable bonds is 9. The minimum absolute atomic E-state index is 0.0160. The van der Waals surface area contributed by atoms with Gasteiger partial charge in [0.2, 0.25) is 12.7 Å². The number of carbonyl (C=O) groups excluding carboxylic acids is 2. The van der Waals surface area contributed by atoms with E-state index in [0.717, 1.165) is 0 Å². The SMILES string of the molecule is COc1cccc(C(C(=O)Nc2ccc3c(c2)OCO3)N(Cc2ccc(F)cc2)C(=O)Cn2nnc3ccccc32)c1. The van der Waals surface area contributed by atoms with E-state index in [-0.39, 0.29) is 19.9 Å². The predicted octanol–water partition coefficient (Wildman–Crippen LogP) is 4.72. The highest BCUT2D eigenvalue weighted by molar-refractivity contribution is 5.98. The van der Waals surface area contributed by atoms with Gasteiger partial charge in [0.15, 0.2) is 11.5 Å². The molecule has 0 saturated heterocycles. The van der Waals surface area contributed by atoms with Crippen molar-refractivity contribution in [2.24, 2.45) is 0 Å². The molecule has 1 unspecified atom stereocenters. The molecule has 1 atom stereocenters. The molecule has 212 valence electrons. The van der Waals surface area contributed by atoms with E-state index in [1.54, 1.807) is 60.7 Å². The Labute approximate surface area is 240 Å². The van der Waals surface area contributed by atoms with E-state index in [1.165, 1.54) is 28.8 Å². The number of nitrogens with one attached hydrogen (secondary N) is 1. The normalized spacial score (nSPS) is 12.6. The van der Waals surface area contributed by atoms with Crippen molar-refractivity contribution >= 4 is 28.5 Å². The second-order valence-electron chi connectivity index (χ2n) is 9.62. The monoisotopic (exact) mass is 567 g/mol. The van der Waals surface area contributed by atoms with Crippen LogP contribution in [0.25, 0.3) is 11.0 Å². The van der Waals surface area contributed by atoms with Crippen LogP contribution < -0.4 is 19.5 Å². The first-order valence-corrected chi connectivity index (χ1v) is 13.1. The Kier molecular flexibility index (Phi) is 7.37. The van der Waals surface area contributed by atoms with Crippen LogP contribution in [0.1, 0.15) is 17.2 Å². The fourth-order valence-electron chi connectivity index (χ4n) is 4.83. The standard InChI is InChI=1S/C31H26FN5O5/c1-40-24-6-4-5-21(15-24)30(31(39)33-23-13-14-27-28(16-23)42-19-41-27)36(17-20-9-11-22(32)12-10-20)29(38)18-37-26-8-3-2-7-25(26)34-35-37/h2-16,30H,17-19H2,1H3,(H,33,39). The van der Waals surface area contributed by atoms with Crippen LogP contribution in [0.2, 0.25) is 0 Å². The van der Waals surface area contributed by atoms with Gasteiger partial charge in [-0.3, -0.25) is 9.59 Å². The molecule has 0 radical (unpaired) electrons. The lowest BCUT2D eigenvalue weighted by atomic mass is 10.0. The first kappa shape index (κ1) is 26.8. The van der Waals surface area contributed by atoms with E-state index < -0.39 is 23.7 Å². The second-order valence-corrected chi connectivity index (χ2v) is 9.62. The van der Waals surface area contributed by atoms with Crippen LogP contribution in [-0.4, -0.2) is 45.6 Å². The van der Waals surface area contributed by atoms with Gasteiger partial charge in [-0.05, 0) is 59.7 Å². The van der Waals surface area contributed by atoms with Gasteiger partial charge in [-0.2, -0.15) is 0 Å². The molecule has 0 bridgehead atoms. The molecule has 0 saturated carbocycles. The van der Waals surface area contributed by atoms with Crippen molar-refractivity contribution < 1.29 is 28.2 Å². The number of methoxy groups -OCH3 is 1. The number of halogens is 1.